The zero-order valence-corrected chi connectivity index (χ0v) is 11.3. The van der Waals surface area contributed by atoms with Gasteiger partial charge in [-0.25, -0.2) is 4.39 Å². The smallest absolute Gasteiger partial charge is 0.123 e. The minimum atomic E-state index is -0.252. The maximum atomic E-state index is 13.1. The van der Waals surface area contributed by atoms with Crippen molar-refractivity contribution in [3.05, 3.63) is 63.9 Å². The highest BCUT2D eigenvalue weighted by Crippen LogP contribution is 2.29. The molecule has 0 radical (unpaired) electrons. The first-order valence-corrected chi connectivity index (χ1v) is 6.29. The number of anilines is 1. The number of benzene rings is 2. The van der Waals surface area contributed by atoms with E-state index in [4.69, 9.17) is 23.2 Å². The summed E-state index contributed by atoms with van der Waals surface area (Å²) in [5.74, 6) is -0.252. The van der Waals surface area contributed by atoms with Crippen LogP contribution in [-0.2, 0) is 0 Å². The zero-order chi connectivity index (χ0) is 13.1. The van der Waals surface area contributed by atoms with Crippen LogP contribution in [0.5, 0.6) is 0 Å². The number of hydrogen-bond acceptors (Lipinski definition) is 1. The number of halogens is 3. The molecule has 1 nitrogen and oxygen atoms in total. The summed E-state index contributed by atoms with van der Waals surface area (Å²) in [6, 6.07) is 11.6. The highest BCUT2D eigenvalue weighted by molar-refractivity contribution is 6.35. The lowest BCUT2D eigenvalue weighted by atomic mass is 10.1. The molecule has 18 heavy (non-hydrogen) atoms. The van der Waals surface area contributed by atoms with Crippen LogP contribution in [0.3, 0.4) is 0 Å². The maximum Gasteiger partial charge on any atom is 0.123 e. The lowest BCUT2D eigenvalue weighted by molar-refractivity contribution is 0.623. The van der Waals surface area contributed by atoms with Crippen molar-refractivity contribution < 1.29 is 4.39 Å². The Morgan fingerprint density at radius 1 is 1.11 bits per heavy atom. The number of rotatable bonds is 3. The Morgan fingerprint density at radius 2 is 1.89 bits per heavy atom. The molecule has 0 saturated carbocycles. The summed E-state index contributed by atoms with van der Waals surface area (Å²) in [5.41, 5.74) is 1.59. The second-order valence-electron chi connectivity index (χ2n) is 4.05. The van der Waals surface area contributed by atoms with Crippen molar-refractivity contribution >= 4 is 28.9 Å². The third-order valence-corrected chi connectivity index (χ3v) is 3.21. The molecule has 2 aromatic rings. The molecule has 0 aliphatic carbocycles. The minimum Gasteiger partial charge on any atom is -0.377 e. The van der Waals surface area contributed by atoms with E-state index in [9.17, 15) is 4.39 Å². The van der Waals surface area contributed by atoms with E-state index in [1.807, 2.05) is 13.0 Å². The fourth-order valence-corrected chi connectivity index (χ4v) is 2.04. The van der Waals surface area contributed by atoms with Crippen LogP contribution in [0.15, 0.2) is 42.5 Å². The molecule has 1 N–H and O–H groups in total. The fraction of sp³-hybridized carbons (Fsp3) is 0.143. The molecule has 1 atom stereocenters. The van der Waals surface area contributed by atoms with Crippen molar-refractivity contribution in [1.82, 2.24) is 0 Å². The SMILES string of the molecule is CC(Nc1cc(Cl)ccc1Cl)c1cccc(F)c1. The average Bonchev–Trinajstić information content (AvgIpc) is 2.34. The van der Waals surface area contributed by atoms with Gasteiger partial charge in [-0.2, -0.15) is 0 Å². The molecule has 0 aliphatic heterocycles. The molecule has 94 valence electrons. The Balaban J connectivity index is 2.21. The van der Waals surface area contributed by atoms with Gasteiger partial charge in [-0.3, -0.25) is 0 Å². The van der Waals surface area contributed by atoms with Gasteiger partial charge in [0.2, 0.25) is 0 Å². The lowest BCUT2D eigenvalue weighted by Gasteiger charge is -2.17. The van der Waals surface area contributed by atoms with Crippen LogP contribution in [0.25, 0.3) is 0 Å². The van der Waals surface area contributed by atoms with E-state index in [1.54, 1.807) is 24.3 Å². The molecule has 0 fully saturated rings. The van der Waals surface area contributed by atoms with Crippen molar-refractivity contribution in [2.45, 2.75) is 13.0 Å². The molecule has 1 unspecified atom stereocenters. The third kappa shape index (κ3) is 3.15. The van der Waals surface area contributed by atoms with Crippen LogP contribution in [-0.4, -0.2) is 0 Å². The quantitative estimate of drug-likeness (QED) is 0.805. The summed E-state index contributed by atoms with van der Waals surface area (Å²) in [7, 11) is 0. The van der Waals surface area contributed by atoms with Crippen molar-refractivity contribution in [1.29, 1.82) is 0 Å². The predicted octanol–water partition coefficient (Wildman–Crippen LogP) is 5.31. The van der Waals surface area contributed by atoms with Crippen LogP contribution in [0.1, 0.15) is 18.5 Å². The van der Waals surface area contributed by atoms with E-state index in [0.717, 1.165) is 11.3 Å². The van der Waals surface area contributed by atoms with Crippen LogP contribution >= 0.6 is 23.2 Å². The summed E-state index contributed by atoms with van der Waals surface area (Å²) in [6.45, 7) is 1.94. The molecule has 0 aromatic heterocycles. The molecule has 0 heterocycles. The van der Waals surface area contributed by atoms with E-state index < -0.39 is 0 Å². The maximum absolute atomic E-state index is 13.1. The van der Waals surface area contributed by atoms with Gasteiger partial charge in [0.15, 0.2) is 0 Å². The molecule has 4 heteroatoms. The fourth-order valence-electron chi connectivity index (χ4n) is 1.70. The van der Waals surface area contributed by atoms with Gasteiger partial charge in [0.25, 0.3) is 0 Å². The van der Waals surface area contributed by atoms with Gasteiger partial charge in [0.1, 0.15) is 5.82 Å². The lowest BCUT2D eigenvalue weighted by Crippen LogP contribution is -2.07. The van der Waals surface area contributed by atoms with E-state index in [1.165, 1.54) is 12.1 Å². The van der Waals surface area contributed by atoms with E-state index in [-0.39, 0.29) is 11.9 Å². The Labute approximate surface area is 116 Å². The van der Waals surface area contributed by atoms with Crippen LogP contribution in [0.4, 0.5) is 10.1 Å². The van der Waals surface area contributed by atoms with Crippen LogP contribution < -0.4 is 5.32 Å². The summed E-state index contributed by atoms with van der Waals surface area (Å²) in [4.78, 5) is 0. The van der Waals surface area contributed by atoms with Gasteiger partial charge >= 0.3 is 0 Å². The second-order valence-corrected chi connectivity index (χ2v) is 4.89. The van der Waals surface area contributed by atoms with Gasteiger partial charge in [0.05, 0.1) is 10.7 Å². The molecule has 0 saturated heterocycles. The van der Waals surface area contributed by atoms with Crippen LogP contribution in [0.2, 0.25) is 10.0 Å². The van der Waals surface area contributed by atoms with Gasteiger partial charge < -0.3 is 5.32 Å². The van der Waals surface area contributed by atoms with Crippen LogP contribution in [0, 0.1) is 5.82 Å². The predicted molar refractivity (Wildman–Crippen MR) is 74.9 cm³/mol. The van der Waals surface area contributed by atoms with Gasteiger partial charge in [-0.05, 0) is 42.8 Å². The molecule has 2 aromatic carbocycles. The summed E-state index contributed by atoms with van der Waals surface area (Å²) in [6.07, 6.45) is 0. The monoisotopic (exact) mass is 283 g/mol. The largest absolute Gasteiger partial charge is 0.377 e. The summed E-state index contributed by atoms with van der Waals surface area (Å²) < 4.78 is 13.1. The molecule has 0 amide bonds. The summed E-state index contributed by atoms with van der Waals surface area (Å²) >= 11 is 12.0. The number of hydrogen-bond donors (Lipinski definition) is 1. The van der Waals surface area contributed by atoms with Crippen molar-refractivity contribution in [3.8, 4) is 0 Å². The average molecular weight is 284 g/mol. The molecule has 0 bridgehead atoms. The first kappa shape index (κ1) is 13.2. The Kier molecular flexibility index (Phi) is 4.10. The highest BCUT2D eigenvalue weighted by atomic mass is 35.5. The standard InChI is InChI=1S/C14H12Cl2FN/c1-9(10-3-2-4-12(17)7-10)18-14-8-11(15)5-6-13(14)16/h2-9,18H,1H3. The van der Waals surface area contributed by atoms with E-state index >= 15 is 0 Å². The molecular weight excluding hydrogens is 272 g/mol. The van der Waals surface area contributed by atoms with Crippen molar-refractivity contribution in [2.75, 3.05) is 5.32 Å². The first-order valence-electron chi connectivity index (χ1n) is 5.53. The highest BCUT2D eigenvalue weighted by Gasteiger charge is 2.08. The molecular formula is C14H12Cl2FN. The van der Waals surface area contributed by atoms with E-state index in [0.29, 0.717) is 10.0 Å². The first-order chi connectivity index (χ1) is 8.56. The van der Waals surface area contributed by atoms with Gasteiger partial charge in [-0.15, -0.1) is 0 Å². The topological polar surface area (TPSA) is 12.0 Å². The zero-order valence-electron chi connectivity index (χ0n) is 9.75. The molecule has 2 rings (SSSR count). The van der Waals surface area contributed by atoms with Gasteiger partial charge in [0, 0.05) is 11.1 Å². The van der Waals surface area contributed by atoms with Crippen molar-refractivity contribution in [3.63, 3.8) is 0 Å². The normalized spacial score (nSPS) is 12.2. The molecule has 0 aliphatic rings. The van der Waals surface area contributed by atoms with Gasteiger partial charge in [-0.1, -0.05) is 35.3 Å². The Morgan fingerprint density at radius 3 is 2.61 bits per heavy atom. The second kappa shape index (κ2) is 5.59. The molecule has 0 spiro atoms. The number of nitrogens with one attached hydrogen (secondary N) is 1. The Hall–Kier alpha value is -1.25. The summed E-state index contributed by atoms with van der Waals surface area (Å²) in [5, 5.41) is 4.40. The minimum absolute atomic E-state index is 0.0586. The Bertz CT molecular complexity index is 557. The third-order valence-electron chi connectivity index (χ3n) is 2.65. The van der Waals surface area contributed by atoms with Crippen molar-refractivity contribution in [2.24, 2.45) is 0 Å². The van der Waals surface area contributed by atoms with E-state index in [2.05, 4.69) is 5.32 Å².